The Morgan fingerprint density at radius 2 is 1.96 bits per heavy atom. The Morgan fingerprint density at radius 3 is 2.54 bits per heavy atom. The number of benzene rings is 1. The molecule has 1 aliphatic carbocycles. The van der Waals surface area contributed by atoms with Gasteiger partial charge >= 0.3 is 0 Å². The van der Waals surface area contributed by atoms with E-state index in [1.165, 1.54) is 24.0 Å². The van der Waals surface area contributed by atoms with E-state index in [0.717, 1.165) is 0 Å². The van der Waals surface area contributed by atoms with Crippen LogP contribution in [0.5, 0.6) is 0 Å². The van der Waals surface area contributed by atoms with Gasteiger partial charge < -0.3 is 9.84 Å². The van der Waals surface area contributed by atoms with Crippen LogP contribution in [0.1, 0.15) is 68.8 Å². The number of aromatic nitrogens is 2. The number of nitrogens with zero attached hydrogens (tertiary/aromatic N) is 2. The van der Waals surface area contributed by atoms with Gasteiger partial charge in [-0.3, -0.25) is 4.79 Å². The molecule has 0 spiro atoms. The lowest BCUT2D eigenvalue weighted by Crippen LogP contribution is -2.27. The molecule has 5 nitrogen and oxygen atoms in total. The molecule has 1 aliphatic rings. The molecule has 2 aromatic rings. The predicted molar refractivity (Wildman–Crippen MR) is 101 cm³/mol. The lowest BCUT2D eigenvalue weighted by Gasteiger charge is -2.16. The second-order valence-corrected chi connectivity index (χ2v) is 8.42. The Morgan fingerprint density at radius 1 is 1.27 bits per heavy atom. The van der Waals surface area contributed by atoms with Crippen molar-refractivity contribution in [1.29, 1.82) is 0 Å². The van der Waals surface area contributed by atoms with Crippen molar-refractivity contribution < 1.29 is 9.32 Å². The van der Waals surface area contributed by atoms with Crippen molar-refractivity contribution in [2.45, 2.75) is 64.7 Å². The first-order valence-electron chi connectivity index (χ1n) is 9.49. The van der Waals surface area contributed by atoms with Crippen molar-refractivity contribution in [2.75, 3.05) is 6.54 Å². The summed E-state index contributed by atoms with van der Waals surface area (Å²) >= 11 is 0. The zero-order valence-corrected chi connectivity index (χ0v) is 16.2. The molecule has 26 heavy (non-hydrogen) atoms. The van der Waals surface area contributed by atoms with E-state index in [4.69, 9.17) is 4.52 Å². The van der Waals surface area contributed by atoms with Crippen LogP contribution in [0.25, 0.3) is 0 Å². The summed E-state index contributed by atoms with van der Waals surface area (Å²) in [6.45, 7) is 8.73. The smallest absolute Gasteiger partial charge is 0.232 e. The topological polar surface area (TPSA) is 68.0 Å². The summed E-state index contributed by atoms with van der Waals surface area (Å²) in [5, 5.41) is 7.01. The Hall–Kier alpha value is -2.17. The largest absolute Gasteiger partial charge is 0.356 e. The zero-order chi connectivity index (χ0) is 18.7. The standard InChI is InChI=1S/C21H29N3O2/c1-14-5-7-15(8-6-14)17(16-9-10-16)13-19(25)22-12-11-18-23-20(26-24-18)21(2,3)4/h5-8,16-17H,9-13H2,1-4H3,(H,22,25). The van der Waals surface area contributed by atoms with Crippen molar-refractivity contribution in [2.24, 2.45) is 5.92 Å². The van der Waals surface area contributed by atoms with Gasteiger partial charge in [0.25, 0.3) is 0 Å². The SMILES string of the molecule is Cc1ccc(C(CC(=O)NCCc2noc(C(C)(C)C)n2)C2CC2)cc1. The van der Waals surface area contributed by atoms with E-state index >= 15 is 0 Å². The Labute approximate surface area is 155 Å². The van der Waals surface area contributed by atoms with Gasteiger partial charge in [0.2, 0.25) is 11.8 Å². The molecular formula is C21H29N3O2. The van der Waals surface area contributed by atoms with Crippen LogP contribution < -0.4 is 5.32 Å². The van der Waals surface area contributed by atoms with Crippen molar-refractivity contribution >= 4 is 5.91 Å². The summed E-state index contributed by atoms with van der Waals surface area (Å²) in [5.74, 6) is 2.35. The lowest BCUT2D eigenvalue weighted by molar-refractivity contribution is -0.121. The predicted octanol–water partition coefficient (Wildman–Crippen LogP) is 3.92. The molecule has 1 N–H and O–H groups in total. The Kier molecular flexibility index (Phi) is 5.44. The van der Waals surface area contributed by atoms with E-state index in [1.807, 2.05) is 20.8 Å². The number of rotatable bonds is 7. The van der Waals surface area contributed by atoms with E-state index in [9.17, 15) is 4.79 Å². The first-order valence-corrected chi connectivity index (χ1v) is 9.49. The Balaban J connectivity index is 1.50. The highest BCUT2D eigenvalue weighted by Crippen LogP contribution is 2.44. The molecule has 1 aromatic heterocycles. The number of aryl methyl sites for hydroxylation is 1. The van der Waals surface area contributed by atoms with E-state index in [0.29, 0.717) is 42.9 Å². The van der Waals surface area contributed by atoms with E-state index < -0.39 is 0 Å². The molecule has 0 radical (unpaired) electrons. The van der Waals surface area contributed by atoms with Crippen LogP contribution in [-0.4, -0.2) is 22.6 Å². The normalized spacial score (nSPS) is 15.7. The molecule has 140 valence electrons. The average molecular weight is 355 g/mol. The van der Waals surface area contributed by atoms with Crippen LogP contribution in [0.2, 0.25) is 0 Å². The molecule has 0 saturated heterocycles. The molecule has 1 aromatic carbocycles. The first kappa shape index (κ1) is 18.6. The summed E-state index contributed by atoms with van der Waals surface area (Å²) < 4.78 is 5.28. The zero-order valence-electron chi connectivity index (χ0n) is 16.2. The van der Waals surface area contributed by atoms with Gasteiger partial charge in [0.1, 0.15) is 0 Å². The highest BCUT2D eigenvalue weighted by atomic mass is 16.5. The molecule has 1 amide bonds. The monoisotopic (exact) mass is 355 g/mol. The van der Waals surface area contributed by atoms with Gasteiger partial charge in [-0.15, -0.1) is 0 Å². The molecule has 1 fully saturated rings. The molecule has 1 heterocycles. The van der Waals surface area contributed by atoms with Gasteiger partial charge in [0, 0.05) is 24.8 Å². The van der Waals surface area contributed by atoms with Crippen LogP contribution in [-0.2, 0) is 16.6 Å². The van der Waals surface area contributed by atoms with Crippen LogP contribution in [0.3, 0.4) is 0 Å². The third kappa shape index (κ3) is 4.93. The number of hydrogen-bond donors (Lipinski definition) is 1. The van der Waals surface area contributed by atoms with Crippen LogP contribution >= 0.6 is 0 Å². The fraction of sp³-hybridized carbons (Fsp3) is 0.571. The van der Waals surface area contributed by atoms with Gasteiger partial charge in [-0.1, -0.05) is 55.8 Å². The summed E-state index contributed by atoms with van der Waals surface area (Å²) in [6, 6.07) is 8.59. The fourth-order valence-electron chi connectivity index (χ4n) is 3.11. The highest BCUT2D eigenvalue weighted by molar-refractivity contribution is 5.77. The van der Waals surface area contributed by atoms with E-state index in [-0.39, 0.29) is 11.3 Å². The van der Waals surface area contributed by atoms with Gasteiger partial charge in [-0.05, 0) is 37.2 Å². The van der Waals surface area contributed by atoms with Gasteiger partial charge in [0.15, 0.2) is 5.82 Å². The van der Waals surface area contributed by atoms with Crippen LogP contribution in [0.15, 0.2) is 28.8 Å². The summed E-state index contributed by atoms with van der Waals surface area (Å²) in [5.41, 5.74) is 2.38. The maximum absolute atomic E-state index is 12.4. The van der Waals surface area contributed by atoms with Crippen LogP contribution in [0.4, 0.5) is 0 Å². The van der Waals surface area contributed by atoms with Gasteiger partial charge in [-0.25, -0.2) is 0 Å². The van der Waals surface area contributed by atoms with Crippen LogP contribution in [0, 0.1) is 12.8 Å². The third-order valence-electron chi connectivity index (χ3n) is 4.88. The maximum Gasteiger partial charge on any atom is 0.232 e. The van der Waals surface area contributed by atoms with Gasteiger partial charge in [-0.2, -0.15) is 4.98 Å². The van der Waals surface area contributed by atoms with Crippen molar-refractivity contribution in [3.8, 4) is 0 Å². The minimum absolute atomic E-state index is 0.0991. The molecule has 1 unspecified atom stereocenters. The summed E-state index contributed by atoms with van der Waals surface area (Å²) in [4.78, 5) is 16.8. The maximum atomic E-state index is 12.4. The first-order chi connectivity index (χ1) is 12.3. The fourth-order valence-corrected chi connectivity index (χ4v) is 3.11. The molecule has 1 saturated carbocycles. The molecule has 5 heteroatoms. The molecule has 3 rings (SSSR count). The molecule has 1 atom stereocenters. The van der Waals surface area contributed by atoms with Crippen molar-refractivity contribution in [1.82, 2.24) is 15.5 Å². The second kappa shape index (κ2) is 7.60. The third-order valence-corrected chi connectivity index (χ3v) is 4.88. The average Bonchev–Trinajstić information content (AvgIpc) is 3.30. The molecule has 0 aliphatic heterocycles. The lowest BCUT2D eigenvalue weighted by atomic mass is 9.90. The van der Waals surface area contributed by atoms with E-state index in [1.54, 1.807) is 0 Å². The van der Waals surface area contributed by atoms with Gasteiger partial charge in [0.05, 0.1) is 0 Å². The minimum atomic E-state index is -0.153. The summed E-state index contributed by atoms with van der Waals surface area (Å²) in [6.07, 6.45) is 3.59. The summed E-state index contributed by atoms with van der Waals surface area (Å²) in [7, 11) is 0. The highest BCUT2D eigenvalue weighted by Gasteiger charge is 2.33. The number of carbonyl (C=O) groups excluding carboxylic acids is 1. The molecular weight excluding hydrogens is 326 g/mol. The van der Waals surface area contributed by atoms with E-state index in [2.05, 4.69) is 46.6 Å². The second-order valence-electron chi connectivity index (χ2n) is 8.42. The molecule has 0 bridgehead atoms. The number of nitrogens with one attached hydrogen (secondary N) is 1. The van der Waals surface area contributed by atoms with Crippen molar-refractivity contribution in [3.63, 3.8) is 0 Å². The number of amides is 1. The van der Waals surface area contributed by atoms with Crippen molar-refractivity contribution in [3.05, 3.63) is 47.1 Å². The quantitative estimate of drug-likeness (QED) is 0.817. The number of hydrogen-bond acceptors (Lipinski definition) is 4. The Bertz CT molecular complexity index is 739. The number of carbonyl (C=O) groups is 1. The minimum Gasteiger partial charge on any atom is -0.356 e.